The van der Waals surface area contributed by atoms with Crippen LogP contribution in [0, 0.1) is 0 Å². The van der Waals surface area contributed by atoms with E-state index in [0.717, 1.165) is 30.1 Å². The van der Waals surface area contributed by atoms with Gasteiger partial charge < -0.3 is 4.74 Å². The first kappa shape index (κ1) is 15.7. The summed E-state index contributed by atoms with van der Waals surface area (Å²) in [6, 6.07) is 14.5. The van der Waals surface area contributed by atoms with Crippen LogP contribution in [0.15, 0.2) is 61.1 Å². The number of methoxy groups -OCH3 is 1. The zero-order valence-electron chi connectivity index (χ0n) is 14.2. The predicted molar refractivity (Wildman–Crippen MR) is 96.0 cm³/mol. The molecule has 1 atom stereocenters. The minimum atomic E-state index is 0.436. The van der Waals surface area contributed by atoms with Gasteiger partial charge in [-0.2, -0.15) is 0 Å². The Morgan fingerprint density at radius 2 is 1.96 bits per heavy atom. The molecule has 0 bridgehead atoms. The number of nitrogens with zero attached hydrogens (tertiary/aromatic N) is 4. The molecule has 4 rings (SSSR count). The van der Waals surface area contributed by atoms with Gasteiger partial charge in [0.2, 0.25) is 0 Å². The van der Waals surface area contributed by atoms with Gasteiger partial charge in [0.15, 0.2) is 5.82 Å². The van der Waals surface area contributed by atoms with Crippen LogP contribution in [-0.4, -0.2) is 33.5 Å². The molecular weight excluding hydrogens is 312 g/mol. The summed E-state index contributed by atoms with van der Waals surface area (Å²) in [6.07, 6.45) is 6.72. The van der Waals surface area contributed by atoms with E-state index in [2.05, 4.69) is 38.1 Å². The average molecular weight is 332 g/mol. The second-order valence-electron chi connectivity index (χ2n) is 6.18. The minimum absolute atomic E-state index is 0.436. The van der Waals surface area contributed by atoms with E-state index in [9.17, 15) is 0 Å². The molecule has 2 aromatic heterocycles. The molecule has 0 aliphatic carbocycles. The highest BCUT2D eigenvalue weighted by Crippen LogP contribution is 2.35. The molecule has 5 nitrogen and oxygen atoms in total. The van der Waals surface area contributed by atoms with Crippen LogP contribution < -0.4 is 4.74 Å². The van der Waals surface area contributed by atoms with Gasteiger partial charge >= 0.3 is 0 Å². The predicted octanol–water partition coefficient (Wildman–Crippen LogP) is 3.49. The summed E-state index contributed by atoms with van der Waals surface area (Å²) in [5.41, 5.74) is 3.22. The maximum Gasteiger partial charge on any atom is 0.178 e. The Morgan fingerprint density at radius 1 is 1.08 bits per heavy atom. The van der Waals surface area contributed by atoms with Crippen molar-refractivity contribution in [2.75, 3.05) is 13.7 Å². The van der Waals surface area contributed by atoms with Gasteiger partial charge in [0.05, 0.1) is 7.11 Å². The molecular formula is C20H20N4O. The zero-order chi connectivity index (χ0) is 17.1. The Labute approximate surface area is 147 Å². The highest BCUT2D eigenvalue weighted by Gasteiger charge is 2.29. The van der Waals surface area contributed by atoms with Crippen molar-refractivity contribution in [2.45, 2.75) is 19.0 Å². The maximum absolute atomic E-state index is 5.34. The summed E-state index contributed by atoms with van der Waals surface area (Å²) < 4.78 is 5.34. The average Bonchev–Trinajstić information content (AvgIpc) is 2.66. The second-order valence-corrected chi connectivity index (χ2v) is 6.18. The first-order valence-corrected chi connectivity index (χ1v) is 8.44. The number of benzene rings is 1. The Balaban J connectivity index is 1.45. The van der Waals surface area contributed by atoms with E-state index in [1.807, 2.05) is 36.7 Å². The van der Waals surface area contributed by atoms with Crippen molar-refractivity contribution in [2.24, 2.45) is 0 Å². The number of hydrogen-bond acceptors (Lipinski definition) is 5. The third-order valence-corrected chi connectivity index (χ3v) is 4.59. The standard InChI is InChI=1S/C20H20N4O/c1-25-17-6-4-5-16(11-17)19-8-10-24(19)14-15-12-22-20(23-13-15)18-7-2-3-9-21-18/h2-7,9,11-13,19H,8,10,14H2,1H3/t19-/m1/s1. The maximum atomic E-state index is 5.34. The number of rotatable bonds is 5. The van der Waals surface area contributed by atoms with E-state index in [4.69, 9.17) is 4.74 Å². The Hall–Kier alpha value is -2.79. The van der Waals surface area contributed by atoms with Crippen LogP contribution >= 0.6 is 0 Å². The smallest absolute Gasteiger partial charge is 0.178 e. The molecule has 1 aromatic carbocycles. The van der Waals surface area contributed by atoms with Crippen molar-refractivity contribution in [3.63, 3.8) is 0 Å². The van der Waals surface area contributed by atoms with Crippen LogP contribution in [0.2, 0.25) is 0 Å². The van der Waals surface area contributed by atoms with Crippen LogP contribution in [-0.2, 0) is 6.54 Å². The van der Waals surface area contributed by atoms with Crippen LogP contribution in [0.4, 0.5) is 0 Å². The monoisotopic (exact) mass is 332 g/mol. The van der Waals surface area contributed by atoms with Crippen LogP contribution in [0.25, 0.3) is 11.5 Å². The summed E-state index contributed by atoms with van der Waals surface area (Å²) in [5.74, 6) is 1.57. The quantitative estimate of drug-likeness (QED) is 0.716. The number of pyridine rings is 1. The molecule has 0 unspecified atom stereocenters. The SMILES string of the molecule is COc1cccc([C@H]2CCN2Cc2cnc(-c3ccccn3)nc2)c1. The van der Waals surface area contributed by atoms with Crippen LogP contribution in [0.5, 0.6) is 5.75 Å². The molecule has 25 heavy (non-hydrogen) atoms. The fraction of sp³-hybridized carbons (Fsp3) is 0.250. The molecule has 1 aliphatic rings. The number of ether oxygens (including phenoxy) is 1. The lowest BCUT2D eigenvalue weighted by Gasteiger charge is -2.41. The summed E-state index contributed by atoms with van der Waals surface area (Å²) in [4.78, 5) is 15.7. The second kappa shape index (κ2) is 6.99. The van der Waals surface area contributed by atoms with E-state index in [1.54, 1.807) is 13.3 Å². The molecule has 0 saturated carbocycles. The van der Waals surface area contributed by atoms with Gasteiger partial charge in [-0.1, -0.05) is 18.2 Å². The summed E-state index contributed by atoms with van der Waals surface area (Å²) >= 11 is 0. The van der Waals surface area contributed by atoms with Crippen molar-refractivity contribution in [1.82, 2.24) is 19.9 Å². The molecule has 1 fully saturated rings. The fourth-order valence-corrected chi connectivity index (χ4v) is 3.15. The topological polar surface area (TPSA) is 51.1 Å². The van der Waals surface area contributed by atoms with Crippen molar-refractivity contribution in [3.05, 3.63) is 72.2 Å². The normalized spacial score (nSPS) is 17.1. The molecule has 3 aromatic rings. The lowest BCUT2D eigenvalue weighted by molar-refractivity contribution is 0.0815. The number of aromatic nitrogens is 3. The molecule has 3 heterocycles. The minimum Gasteiger partial charge on any atom is -0.497 e. The third kappa shape index (κ3) is 3.37. The summed E-state index contributed by atoms with van der Waals surface area (Å²) in [7, 11) is 1.71. The lowest BCUT2D eigenvalue weighted by atomic mass is 9.94. The van der Waals surface area contributed by atoms with E-state index in [-0.39, 0.29) is 0 Å². The molecule has 126 valence electrons. The first-order chi connectivity index (χ1) is 12.3. The summed E-state index contributed by atoms with van der Waals surface area (Å²) in [5, 5.41) is 0. The van der Waals surface area contributed by atoms with E-state index < -0.39 is 0 Å². The van der Waals surface area contributed by atoms with Gasteiger partial charge in [0, 0.05) is 43.3 Å². The van der Waals surface area contributed by atoms with E-state index in [1.165, 1.54) is 12.0 Å². The van der Waals surface area contributed by atoms with Gasteiger partial charge in [-0.05, 0) is 36.2 Å². The first-order valence-electron chi connectivity index (χ1n) is 8.44. The van der Waals surface area contributed by atoms with Gasteiger partial charge in [0.25, 0.3) is 0 Å². The molecule has 0 radical (unpaired) electrons. The third-order valence-electron chi connectivity index (χ3n) is 4.59. The van der Waals surface area contributed by atoms with E-state index in [0.29, 0.717) is 11.9 Å². The number of likely N-dealkylation sites (tertiary alicyclic amines) is 1. The molecule has 0 spiro atoms. The zero-order valence-corrected chi connectivity index (χ0v) is 14.2. The molecule has 0 amide bonds. The Bertz CT molecular complexity index is 836. The molecule has 1 saturated heterocycles. The van der Waals surface area contributed by atoms with E-state index >= 15 is 0 Å². The lowest BCUT2D eigenvalue weighted by Crippen LogP contribution is -2.40. The van der Waals surface area contributed by atoms with Gasteiger partial charge in [0.1, 0.15) is 11.4 Å². The molecule has 5 heteroatoms. The molecule has 0 N–H and O–H groups in total. The van der Waals surface area contributed by atoms with Gasteiger partial charge in [-0.15, -0.1) is 0 Å². The van der Waals surface area contributed by atoms with Crippen molar-refractivity contribution in [3.8, 4) is 17.3 Å². The largest absolute Gasteiger partial charge is 0.497 e. The van der Waals surface area contributed by atoms with Gasteiger partial charge in [-0.25, -0.2) is 9.97 Å². The van der Waals surface area contributed by atoms with Gasteiger partial charge in [-0.3, -0.25) is 9.88 Å². The Morgan fingerprint density at radius 3 is 2.64 bits per heavy atom. The highest BCUT2D eigenvalue weighted by molar-refractivity contribution is 5.47. The molecule has 1 aliphatic heterocycles. The van der Waals surface area contributed by atoms with Crippen molar-refractivity contribution in [1.29, 1.82) is 0 Å². The summed E-state index contributed by atoms with van der Waals surface area (Å²) in [6.45, 7) is 1.94. The Kier molecular flexibility index (Phi) is 4.39. The van der Waals surface area contributed by atoms with Crippen LogP contribution in [0.1, 0.15) is 23.6 Å². The highest BCUT2D eigenvalue weighted by atomic mass is 16.5. The van der Waals surface area contributed by atoms with Crippen molar-refractivity contribution >= 4 is 0 Å². The number of hydrogen-bond donors (Lipinski definition) is 0. The van der Waals surface area contributed by atoms with Crippen molar-refractivity contribution < 1.29 is 4.74 Å². The fourth-order valence-electron chi connectivity index (χ4n) is 3.15. The van der Waals surface area contributed by atoms with Crippen LogP contribution in [0.3, 0.4) is 0 Å².